The number of esters is 1. The Morgan fingerprint density at radius 3 is 2.62 bits per heavy atom. The molecule has 0 fully saturated rings. The number of aliphatic imine (C=N–C) groups is 1. The number of hydrogen-bond donors (Lipinski definition) is 0. The van der Waals surface area contributed by atoms with Gasteiger partial charge < -0.3 is 4.74 Å². The third kappa shape index (κ3) is 10.7. The van der Waals surface area contributed by atoms with Crippen LogP contribution in [-0.4, -0.2) is 25.2 Å². The molecule has 0 unspecified atom stereocenters. The van der Waals surface area contributed by atoms with Crippen LogP contribution in [0.25, 0.3) is 0 Å². The van der Waals surface area contributed by atoms with Crippen LogP contribution in [0, 0.1) is 0 Å². The van der Waals surface area contributed by atoms with Crippen molar-refractivity contribution in [1.29, 1.82) is 0 Å². The number of rotatable bonds is 9. The molecule has 0 aromatic carbocycles. The molecule has 0 radical (unpaired) electrons. The van der Waals surface area contributed by atoms with Gasteiger partial charge >= 0.3 is 5.97 Å². The third-order valence-electron chi connectivity index (χ3n) is 2.03. The summed E-state index contributed by atoms with van der Waals surface area (Å²) in [6.07, 6.45) is 9.57. The maximum Gasteiger partial charge on any atom is 0.330 e. The molecule has 0 atom stereocenters. The molecule has 0 aliphatic rings. The lowest BCUT2D eigenvalue weighted by molar-refractivity contribution is -0.137. The van der Waals surface area contributed by atoms with Crippen molar-refractivity contribution in [1.82, 2.24) is 0 Å². The molecule has 0 heterocycles. The van der Waals surface area contributed by atoms with E-state index >= 15 is 0 Å². The first-order valence-electron chi connectivity index (χ1n) is 5.64. The molecule has 90 valence electrons. The number of isocyanates is 1. The van der Waals surface area contributed by atoms with E-state index in [0.29, 0.717) is 13.2 Å². The summed E-state index contributed by atoms with van der Waals surface area (Å²) in [7, 11) is 0. The Hall–Kier alpha value is -1.41. The van der Waals surface area contributed by atoms with E-state index < -0.39 is 0 Å². The molecule has 0 saturated heterocycles. The SMILES string of the molecule is CC=CC(=O)OCCCCCCCN=C=O. The number of carbonyl (C=O) groups excluding carboxylic acids is 2. The van der Waals surface area contributed by atoms with E-state index in [1.54, 1.807) is 13.0 Å². The molecule has 0 aliphatic heterocycles. The average molecular weight is 225 g/mol. The molecule has 4 nitrogen and oxygen atoms in total. The molecule has 0 bridgehead atoms. The fourth-order valence-electron chi connectivity index (χ4n) is 1.23. The van der Waals surface area contributed by atoms with Gasteiger partial charge in [-0.3, -0.25) is 0 Å². The molecule has 0 saturated carbocycles. The second-order valence-electron chi connectivity index (χ2n) is 3.41. The van der Waals surface area contributed by atoms with Crippen molar-refractivity contribution < 1.29 is 14.3 Å². The van der Waals surface area contributed by atoms with Crippen molar-refractivity contribution in [2.24, 2.45) is 4.99 Å². The van der Waals surface area contributed by atoms with Crippen LogP contribution in [0.5, 0.6) is 0 Å². The number of hydrogen-bond acceptors (Lipinski definition) is 4. The van der Waals surface area contributed by atoms with Crippen molar-refractivity contribution in [3.8, 4) is 0 Å². The minimum atomic E-state index is -0.275. The largest absolute Gasteiger partial charge is 0.463 e. The van der Waals surface area contributed by atoms with Crippen molar-refractivity contribution in [3.05, 3.63) is 12.2 Å². The Morgan fingerprint density at radius 1 is 1.25 bits per heavy atom. The van der Waals surface area contributed by atoms with Crippen LogP contribution in [0.4, 0.5) is 0 Å². The van der Waals surface area contributed by atoms with Gasteiger partial charge in [-0.1, -0.05) is 25.3 Å². The second kappa shape index (κ2) is 11.7. The van der Waals surface area contributed by atoms with Gasteiger partial charge in [0, 0.05) is 6.08 Å². The van der Waals surface area contributed by atoms with Crippen molar-refractivity contribution >= 4 is 12.0 Å². The summed E-state index contributed by atoms with van der Waals surface area (Å²) in [5.41, 5.74) is 0. The molecule has 0 amide bonds. The Morgan fingerprint density at radius 2 is 1.94 bits per heavy atom. The Labute approximate surface area is 96.4 Å². The summed E-state index contributed by atoms with van der Waals surface area (Å²) in [6, 6.07) is 0. The van der Waals surface area contributed by atoms with E-state index in [1.165, 1.54) is 12.2 Å². The molecular formula is C12H19NO3. The van der Waals surface area contributed by atoms with E-state index in [9.17, 15) is 9.59 Å². The van der Waals surface area contributed by atoms with E-state index in [0.717, 1.165) is 32.1 Å². The topological polar surface area (TPSA) is 55.7 Å². The number of nitrogens with zero attached hydrogens (tertiary/aromatic N) is 1. The van der Waals surface area contributed by atoms with E-state index in [4.69, 9.17) is 4.74 Å². The predicted molar refractivity (Wildman–Crippen MR) is 61.8 cm³/mol. The molecular weight excluding hydrogens is 206 g/mol. The van der Waals surface area contributed by atoms with Gasteiger partial charge in [-0.2, -0.15) is 0 Å². The summed E-state index contributed by atoms with van der Waals surface area (Å²) in [6.45, 7) is 2.83. The highest BCUT2D eigenvalue weighted by molar-refractivity contribution is 5.81. The summed E-state index contributed by atoms with van der Waals surface area (Å²) in [4.78, 5) is 24.1. The maximum atomic E-state index is 10.9. The first-order valence-corrected chi connectivity index (χ1v) is 5.64. The number of unbranched alkanes of at least 4 members (excludes halogenated alkanes) is 4. The third-order valence-corrected chi connectivity index (χ3v) is 2.03. The zero-order valence-corrected chi connectivity index (χ0v) is 9.78. The molecule has 0 N–H and O–H groups in total. The van der Waals surface area contributed by atoms with Crippen molar-refractivity contribution in [3.63, 3.8) is 0 Å². The molecule has 4 heteroatoms. The standard InChI is InChI=1S/C12H19NO3/c1-2-8-12(15)16-10-7-5-3-4-6-9-13-11-14/h2,8H,3-7,9-10H2,1H3. The van der Waals surface area contributed by atoms with Gasteiger partial charge in [0.05, 0.1) is 13.2 Å². The van der Waals surface area contributed by atoms with Gasteiger partial charge in [0.25, 0.3) is 0 Å². The van der Waals surface area contributed by atoms with Crippen LogP contribution in [0.15, 0.2) is 17.1 Å². The van der Waals surface area contributed by atoms with Gasteiger partial charge in [0.15, 0.2) is 0 Å². The monoisotopic (exact) mass is 225 g/mol. The Bertz CT molecular complexity index is 255. The van der Waals surface area contributed by atoms with E-state index in [2.05, 4.69) is 4.99 Å². The summed E-state index contributed by atoms with van der Waals surface area (Å²) in [5.74, 6) is -0.275. The molecule has 0 aromatic heterocycles. The zero-order valence-electron chi connectivity index (χ0n) is 9.78. The second-order valence-corrected chi connectivity index (χ2v) is 3.41. The van der Waals surface area contributed by atoms with Crippen LogP contribution in [-0.2, 0) is 14.3 Å². The van der Waals surface area contributed by atoms with Gasteiger partial charge in [0.2, 0.25) is 6.08 Å². The predicted octanol–water partition coefficient (Wildman–Crippen LogP) is 2.39. The minimum Gasteiger partial charge on any atom is -0.463 e. The number of allylic oxidation sites excluding steroid dienone is 1. The van der Waals surface area contributed by atoms with Gasteiger partial charge in [-0.05, 0) is 19.8 Å². The highest BCUT2D eigenvalue weighted by Gasteiger charge is 1.95. The van der Waals surface area contributed by atoms with Crippen LogP contribution < -0.4 is 0 Å². The van der Waals surface area contributed by atoms with Gasteiger partial charge in [0.1, 0.15) is 0 Å². The summed E-state index contributed by atoms with van der Waals surface area (Å²) >= 11 is 0. The molecule has 0 rings (SSSR count). The van der Waals surface area contributed by atoms with Crippen molar-refractivity contribution in [2.45, 2.75) is 39.0 Å². The van der Waals surface area contributed by atoms with E-state index in [-0.39, 0.29) is 5.97 Å². The first-order chi connectivity index (χ1) is 7.81. The average Bonchev–Trinajstić information content (AvgIpc) is 2.27. The highest BCUT2D eigenvalue weighted by atomic mass is 16.5. The van der Waals surface area contributed by atoms with E-state index in [1.807, 2.05) is 0 Å². The first kappa shape index (κ1) is 14.6. The Kier molecular flexibility index (Phi) is 10.6. The minimum absolute atomic E-state index is 0.275. The fourth-order valence-corrected chi connectivity index (χ4v) is 1.23. The zero-order chi connectivity index (χ0) is 12.1. The molecule has 0 aromatic rings. The lowest BCUT2D eigenvalue weighted by Gasteiger charge is -2.01. The lowest BCUT2D eigenvalue weighted by atomic mass is 10.1. The van der Waals surface area contributed by atoms with Crippen molar-refractivity contribution in [2.75, 3.05) is 13.2 Å². The number of ether oxygens (including phenoxy) is 1. The van der Waals surface area contributed by atoms with Crippen LogP contribution in [0.3, 0.4) is 0 Å². The summed E-state index contributed by atoms with van der Waals surface area (Å²) in [5, 5.41) is 0. The number of carbonyl (C=O) groups is 1. The molecule has 16 heavy (non-hydrogen) atoms. The van der Waals surface area contributed by atoms with Crippen LogP contribution in [0.2, 0.25) is 0 Å². The quantitative estimate of drug-likeness (QED) is 0.199. The summed E-state index contributed by atoms with van der Waals surface area (Å²) < 4.78 is 4.93. The Balaban J connectivity index is 3.15. The smallest absolute Gasteiger partial charge is 0.330 e. The fraction of sp³-hybridized carbons (Fsp3) is 0.667. The van der Waals surface area contributed by atoms with Crippen LogP contribution in [0.1, 0.15) is 39.0 Å². The normalized spacial score (nSPS) is 10.1. The maximum absolute atomic E-state index is 10.9. The van der Waals surface area contributed by atoms with Gasteiger partial charge in [-0.25, -0.2) is 14.6 Å². The lowest BCUT2D eigenvalue weighted by Crippen LogP contribution is -2.01. The van der Waals surface area contributed by atoms with Gasteiger partial charge in [-0.15, -0.1) is 0 Å². The van der Waals surface area contributed by atoms with Crippen LogP contribution >= 0.6 is 0 Å². The molecule has 0 spiro atoms. The highest BCUT2D eigenvalue weighted by Crippen LogP contribution is 2.03. The molecule has 0 aliphatic carbocycles.